The lowest BCUT2D eigenvalue weighted by molar-refractivity contribution is -0.119. The first-order valence-corrected chi connectivity index (χ1v) is 12.7. The minimum absolute atomic E-state index is 0.0494. The van der Waals surface area contributed by atoms with Crippen molar-refractivity contribution in [3.8, 4) is 0 Å². The number of H-pyrrole nitrogens is 1. The number of likely N-dealkylation sites (N-methyl/N-ethyl adjacent to an activating group) is 1. The summed E-state index contributed by atoms with van der Waals surface area (Å²) < 4.78 is 14.6. The highest BCUT2D eigenvalue weighted by Gasteiger charge is 2.24. The number of aromatic nitrogens is 3. The Kier molecular flexibility index (Phi) is 7.16. The van der Waals surface area contributed by atoms with Crippen LogP contribution in [-0.2, 0) is 11.2 Å². The number of fused-ring (bicyclic) bond motifs is 2. The molecule has 202 valence electrons. The van der Waals surface area contributed by atoms with Crippen molar-refractivity contribution in [3.05, 3.63) is 65.1 Å². The van der Waals surface area contributed by atoms with Crippen LogP contribution in [0.5, 0.6) is 0 Å². The molecule has 0 radical (unpaired) electrons. The Morgan fingerprint density at radius 3 is 2.72 bits per heavy atom. The van der Waals surface area contributed by atoms with Crippen LogP contribution in [0.15, 0.2) is 42.6 Å². The third kappa shape index (κ3) is 5.26. The highest BCUT2D eigenvalue weighted by molar-refractivity contribution is 6.02. The van der Waals surface area contributed by atoms with Gasteiger partial charge in [-0.1, -0.05) is 12.1 Å². The fourth-order valence-electron chi connectivity index (χ4n) is 4.83. The van der Waals surface area contributed by atoms with E-state index in [1.807, 2.05) is 36.9 Å². The summed E-state index contributed by atoms with van der Waals surface area (Å²) in [4.78, 5) is 41.4. The Bertz CT molecular complexity index is 1560. The molecule has 2 aromatic heterocycles. The third-order valence-corrected chi connectivity index (χ3v) is 6.68. The summed E-state index contributed by atoms with van der Waals surface area (Å²) in [5.74, 6) is -0.442. The number of carbonyl (C=O) groups is 2. The molecule has 0 atom stereocenters. The summed E-state index contributed by atoms with van der Waals surface area (Å²) in [7, 11) is 5.21. The zero-order valence-corrected chi connectivity index (χ0v) is 22.4. The highest BCUT2D eigenvalue weighted by atomic mass is 19.1. The van der Waals surface area contributed by atoms with Crippen LogP contribution in [0.1, 0.15) is 27.9 Å². The third-order valence-electron chi connectivity index (χ3n) is 6.68. The number of carbonyl (C=O) groups excluding carboxylic acids is 2. The Morgan fingerprint density at radius 1 is 1.13 bits per heavy atom. The number of rotatable bonds is 7. The SMILES string of the molecule is CNC(=O)c1c(F)cccc1Nc1nc(Nc2cc3c(cc2C)CCCN3C(=O)CN(C)C)nc2[nH]ccc12. The smallest absolute Gasteiger partial charge is 0.256 e. The topological polar surface area (TPSA) is 118 Å². The van der Waals surface area contributed by atoms with Crippen molar-refractivity contribution in [2.75, 3.05) is 49.8 Å². The second-order valence-corrected chi connectivity index (χ2v) is 9.81. The second-order valence-electron chi connectivity index (χ2n) is 9.81. The van der Waals surface area contributed by atoms with Gasteiger partial charge in [-0.3, -0.25) is 9.59 Å². The monoisotopic (exact) mass is 530 g/mol. The van der Waals surface area contributed by atoms with Crippen LogP contribution >= 0.6 is 0 Å². The molecule has 1 aliphatic rings. The standard InChI is InChI=1S/C28H31FN8O2/c1-16-13-17-7-6-12-37(23(38)15-36(3)4)22(17)14-21(16)33-28-34-25-18(10-11-31-25)26(35-28)32-20-9-5-8-19(29)24(20)27(39)30-2/h5,8-11,13-14H,6-7,12,15H2,1-4H3,(H,30,39)(H3,31,32,33,34,35). The molecule has 5 rings (SSSR count). The van der Waals surface area contributed by atoms with Gasteiger partial charge in [-0.25, -0.2) is 4.39 Å². The number of benzene rings is 2. The van der Waals surface area contributed by atoms with E-state index in [1.165, 1.54) is 19.2 Å². The summed E-state index contributed by atoms with van der Waals surface area (Å²) >= 11 is 0. The van der Waals surface area contributed by atoms with Gasteiger partial charge in [0.2, 0.25) is 11.9 Å². The largest absolute Gasteiger partial charge is 0.355 e. The molecule has 0 saturated heterocycles. The van der Waals surface area contributed by atoms with Crippen LogP contribution in [0.2, 0.25) is 0 Å². The average Bonchev–Trinajstić information content (AvgIpc) is 3.37. The molecule has 2 amide bonds. The zero-order chi connectivity index (χ0) is 27.7. The van der Waals surface area contributed by atoms with Crippen molar-refractivity contribution < 1.29 is 14.0 Å². The van der Waals surface area contributed by atoms with E-state index in [4.69, 9.17) is 0 Å². The first-order chi connectivity index (χ1) is 18.7. The van der Waals surface area contributed by atoms with Crippen molar-refractivity contribution in [1.29, 1.82) is 0 Å². The zero-order valence-electron chi connectivity index (χ0n) is 22.4. The predicted octanol–water partition coefficient (Wildman–Crippen LogP) is 4.09. The maximum atomic E-state index is 14.6. The molecule has 0 unspecified atom stereocenters. The normalized spacial score (nSPS) is 12.9. The Morgan fingerprint density at radius 2 is 1.95 bits per heavy atom. The lowest BCUT2D eigenvalue weighted by atomic mass is 9.98. The molecule has 3 heterocycles. The molecule has 4 aromatic rings. The minimum atomic E-state index is -0.643. The van der Waals surface area contributed by atoms with Gasteiger partial charge in [-0.05, 0) is 69.3 Å². The summed E-state index contributed by atoms with van der Waals surface area (Å²) in [6.45, 7) is 3.00. The van der Waals surface area contributed by atoms with Gasteiger partial charge in [0.15, 0.2) is 0 Å². The van der Waals surface area contributed by atoms with Gasteiger partial charge >= 0.3 is 0 Å². The van der Waals surface area contributed by atoms with Crippen molar-refractivity contribution >= 4 is 51.7 Å². The van der Waals surface area contributed by atoms with Crippen LogP contribution in [0.3, 0.4) is 0 Å². The van der Waals surface area contributed by atoms with E-state index in [2.05, 4.69) is 37.0 Å². The molecule has 4 N–H and O–H groups in total. The molecule has 2 aromatic carbocycles. The number of aryl methyl sites for hydroxylation is 2. The van der Waals surface area contributed by atoms with Crippen molar-refractivity contribution in [2.24, 2.45) is 0 Å². The molecule has 0 spiro atoms. The molecule has 1 aliphatic heterocycles. The highest BCUT2D eigenvalue weighted by Crippen LogP contribution is 2.34. The Labute approximate surface area is 225 Å². The van der Waals surface area contributed by atoms with Crippen molar-refractivity contribution in [1.82, 2.24) is 25.2 Å². The number of hydrogen-bond donors (Lipinski definition) is 4. The van der Waals surface area contributed by atoms with E-state index in [-0.39, 0.29) is 17.2 Å². The van der Waals surface area contributed by atoms with E-state index in [0.29, 0.717) is 35.9 Å². The molecular formula is C28H31FN8O2. The lowest BCUT2D eigenvalue weighted by Crippen LogP contribution is -2.40. The van der Waals surface area contributed by atoms with Gasteiger partial charge in [-0.15, -0.1) is 0 Å². The predicted molar refractivity (Wildman–Crippen MR) is 151 cm³/mol. The van der Waals surface area contributed by atoms with Gasteiger partial charge < -0.3 is 30.7 Å². The van der Waals surface area contributed by atoms with Crippen LogP contribution in [0, 0.1) is 12.7 Å². The van der Waals surface area contributed by atoms with Crippen LogP contribution < -0.4 is 20.9 Å². The fourth-order valence-corrected chi connectivity index (χ4v) is 4.83. The summed E-state index contributed by atoms with van der Waals surface area (Å²) in [5, 5.41) is 9.58. The molecule has 0 saturated carbocycles. The first-order valence-electron chi connectivity index (χ1n) is 12.7. The second kappa shape index (κ2) is 10.7. The summed E-state index contributed by atoms with van der Waals surface area (Å²) in [5.41, 5.74) is 4.51. The molecule has 10 nitrogen and oxygen atoms in total. The van der Waals surface area contributed by atoms with Gasteiger partial charge in [0.25, 0.3) is 5.91 Å². The van der Waals surface area contributed by atoms with E-state index in [0.717, 1.165) is 35.3 Å². The summed E-state index contributed by atoms with van der Waals surface area (Å²) in [6.07, 6.45) is 3.55. The molecular weight excluding hydrogens is 499 g/mol. The van der Waals surface area contributed by atoms with Gasteiger partial charge in [0.05, 0.1) is 23.2 Å². The van der Waals surface area contributed by atoms with Gasteiger partial charge in [-0.2, -0.15) is 9.97 Å². The quantitative estimate of drug-likeness (QED) is 0.284. The first kappa shape index (κ1) is 26.1. The Hall–Kier alpha value is -4.51. The number of amides is 2. The fraction of sp³-hybridized carbons (Fsp3) is 0.286. The number of halogens is 1. The number of hydrogen-bond acceptors (Lipinski definition) is 7. The van der Waals surface area contributed by atoms with Crippen molar-refractivity contribution in [3.63, 3.8) is 0 Å². The minimum Gasteiger partial charge on any atom is -0.355 e. The van der Waals surface area contributed by atoms with E-state index < -0.39 is 11.7 Å². The Balaban J connectivity index is 1.51. The van der Waals surface area contributed by atoms with Gasteiger partial charge in [0, 0.05) is 31.2 Å². The molecule has 0 aliphatic carbocycles. The number of anilines is 5. The van der Waals surface area contributed by atoms with Crippen molar-refractivity contribution in [2.45, 2.75) is 19.8 Å². The molecule has 0 bridgehead atoms. The van der Waals surface area contributed by atoms with Gasteiger partial charge in [0.1, 0.15) is 17.3 Å². The van der Waals surface area contributed by atoms with Crippen LogP contribution in [0.25, 0.3) is 11.0 Å². The number of nitrogens with zero attached hydrogens (tertiary/aromatic N) is 4. The van der Waals surface area contributed by atoms with Crippen LogP contribution in [0.4, 0.5) is 33.2 Å². The number of nitrogens with one attached hydrogen (secondary N) is 4. The van der Waals surface area contributed by atoms with E-state index >= 15 is 0 Å². The van der Waals surface area contributed by atoms with E-state index in [9.17, 15) is 14.0 Å². The molecule has 0 fully saturated rings. The summed E-state index contributed by atoms with van der Waals surface area (Å²) in [6, 6.07) is 10.3. The lowest BCUT2D eigenvalue weighted by Gasteiger charge is -2.31. The molecule has 11 heteroatoms. The molecule has 39 heavy (non-hydrogen) atoms. The van der Waals surface area contributed by atoms with Crippen LogP contribution in [-0.4, -0.2) is 65.9 Å². The maximum absolute atomic E-state index is 14.6. The van der Waals surface area contributed by atoms with E-state index in [1.54, 1.807) is 18.3 Å². The average molecular weight is 531 g/mol. The number of aromatic amines is 1. The maximum Gasteiger partial charge on any atom is 0.256 e.